The second-order valence-electron chi connectivity index (χ2n) is 6.67. The number of benzene rings is 3. The molecule has 2 heterocycles. The molecule has 0 bridgehead atoms. The zero-order chi connectivity index (χ0) is 20.7. The van der Waals surface area contributed by atoms with Gasteiger partial charge in [0.25, 0.3) is 5.91 Å². The lowest BCUT2D eigenvalue weighted by Gasteiger charge is -2.19. The molecule has 0 fully saturated rings. The SMILES string of the molecule is O=C1/C(=C\c2ccc3c(c2)OCO3)N=C(c2ccccc2Br)N1c1ccc(F)cc1. The molecule has 3 aromatic carbocycles. The van der Waals surface area contributed by atoms with Gasteiger partial charge in [-0.25, -0.2) is 9.38 Å². The molecule has 5 nitrogen and oxygen atoms in total. The summed E-state index contributed by atoms with van der Waals surface area (Å²) in [5, 5.41) is 0. The number of fused-ring (bicyclic) bond motifs is 1. The lowest BCUT2D eigenvalue weighted by molar-refractivity contribution is -0.113. The van der Waals surface area contributed by atoms with E-state index in [0.717, 1.165) is 15.6 Å². The topological polar surface area (TPSA) is 51.1 Å². The molecule has 0 aromatic heterocycles. The minimum Gasteiger partial charge on any atom is -0.454 e. The Balaban J connectivity index is 1.61. The minimum absolute atomic E-state index is 0.178. The van der Waals surface area contributed by atoms with Gasteiger partial charge >= 0.3 is 0 Å². The largest absolute Gasteiger partial charge is 0.454 e. The third-order valence-electron chi connectivity index (χ3n) is 4.76. The molecule has 2 aliphatic rings. The summed E-state index contributed by atoms with van der Waals surface area (Å²) in [5.41, 5.74) is 2.32. The first-order valence-electron chi connectivity index (χ1n) is 9.15. The predicted molar refractivity (Wildman–Crippen MR) is 115 cm³/mol. The number of anilines is 1. The molecule has 3 aromatic rings. The summed E-state index contributed by atoms with van der Waals surface area (Å²) < 4.78 is 25.0. The Hall–Kier alpha value is -3.45. The number of halogens is 2. The van der Waals surface area contributed by atoms with Crippen molar-refractivity contribution in [3.63, 3.8) is 0 Å². The molecule has 0 saturated carbocycles. The third-order valence-corrected chi connectivity index (χ3v) is 5.45. The summed E-state index contributed by atoms with van der Waals surface area (Å²) in [7, 11) is 0. The van der Waals surface area contributed by atoms with E-state index in [1.807, 2.05) is 30.3 Å². The van der Waals surface area contributed by atoms with Crippen LogP contribution in [0.25, 0.3) is 6.08 Å². The maximum absolute atomic E-state index is 13.5. The second kappa shape index (κ2) is 7.42. The Kier molecular flexibility index (Phi) is 4.59. The molecule has 0 radical (unpaired) electrons. The molecule has 148 valence electrons. The van der Waals surface area contributed by atoms with E-state index >= 15 is 0 Å². The van der Waals surface area contributed by atoms with Crippen LogP contribution in [0.4, 0.5) is 10.1 Å². The number of hydrogen-bond acceptors (Lipinski definition) is 4. The third kappa shape index (κ3) is 3.27. The summed E-state index contributed by atoms with van der Waals surface area (Å²) in [6.07, 6.45) is 1.70. The van der Waals surface area contributed by atoms with Gasteiger partial charge in [-0.3, -0.25) is 9.69 Å². The van der Waals surface area contributed by atoms with Crippen LogP contribution in [0, 0.1) is 5.82 Å². The van der Waals surface area contributed by atoms with E-state index in [0.29, 0.717) is 23.0 Å². The van der Waals surface area contributed by atoms with Crippen LogP contribution in [-0.4, -0.2) is 18.5 Å². The van der Waals surface area contributed by atoms with Crippen molar-refractivity contribution in [1.29, 1.82) is 0 Å². The van der Waals surface area contributed by atoms with Gasteiger partial charge in [-0.05, 0) is 54.1 Å². The summed E-state index contributed by atoms with van der Waals surface area (Å²) >= 11 is 3.53. The number of carbonyl (C=O) groups excluding carboxylic acids is 1. The smallest absolute Gasteiger partial charge is 0.282 e. The lowest BCUT2D eigenvalue weighted by Crippen LogP contribution is -2.32. The van der Waals surface area contributed by atoms with Crippen molar-refractivity contribution in [1.82, 2.24) is 0 Å². The number of rotatable bonds is 3. The van der Waals surface area contributed by atoms with Crippen LogP contribution in [0.2, 0.25) is 0 Å². The summed E-state index contributed by atoms with van der Waals surface area (Å²) in [5.74, 6) is 1.08. The molecular formula is C23H14BrFN2O3. The quantitative estimate of drug-likeness (QED) is 0.503. The zero-order valence-electron chi connectivity index (χ0n) is 15.5. The van der Waals surface area contributed by atoms with Gasteiger partial charge in [-0.15, -0.1) is 0 Å². The standard InChI is InChI=1S/C23H14BrFN2O3/c24-18-4-2-1-3-17(18)22-26-19(11-14-5-10-20-21(12-14)30-13-29-20)23(28)27(22)16-8-6-15(25)7-9-16/h1-12H,13H2/b19-11+. The summed E-state index contributed by atoms with van der Waals surface area (Å²) in [4.78, 5) is 19.4. The van der Waals surface area contributed by atoms with E-state index in [1.54, 1.807) is 30.3 Å². The van der Waals surface area contributed by atoms with E-state index in [9.17, 15) is 9.18 Å². The zero-order valence-corrected chi connectivity index (χ0v) is 17.1. The molecule has 0 N–H and O–H groups in total. The second-order valence-corrected chi connectivity index (χ2v) is 7.53. The van der Waals surface area contributed by atoms with Gasteiger partial charge in [-0.1, -0.05) is 40.2 Å². The Morgan fingerprint density at radius 3 is 2.57 bits per heavy atom. The molecule has 7 heteroatoms. The minimum atomic E-state index is -0.374. The predicted octanol–water partition coefficient (Wildman–Crippen LogP) is 5.15. The van der Waals surface area contributed by atoms with Gasteiger partial charge in [0.05, 0.1) is 5.69 Å². The molecule has 0 saturated heterocycles. The van der Waals surface area contributed by atoms with Gasteiger partial charge in [-0.2, -0.15) is 0 Å². The van der Waals surface area contributed by atoms with E-state index in [4.69, 9.17) is 9.47 Å². The number of carbonyl (C=O) groups is 1. The molecule has 0 aliphatic carbocycles. The fraction of sp³-hybridized carbons (Fsp3) is 0.0435. The van der Waals surface area contributed by atoms with E-state index in [2.05, 4.69) is 20.9 Å². The number of amides is 1. The Morgan fingerprint density at radius 2 is 1.77 bits per heavy atom. The molecular weight excluding hydrogens is 451 g/mol. The van der Waals surface area contributed by atoms with Crippen LogP contribution in [-0.2, 0) is 4.79 Å². The number of aliphatic imine (C=N–C) groups is 1. The van der Waals surface area contributed by atoms with Crippen molar-refractivity contribution in [2.24, 2.45) is 4.99 Å². The maximum Gasteiger partial charge on any atom is 0.282 e. The molecule has 0 unspecified atom stereocenters. The average Bonchev–Trinajstić information content (AvgIpc) is 3.34. The van der Waals surface area contributed by atoms with Crippen LogP contribution in [0.1, 0.15) is 11.1 Å². The number of hydrogen-bond donors (Lipinski definition) is 0. The van der Waals surface area contributed by atoms with E-state index < -0.39 is 0 Å². The van der Waals surface area contributed by atoms with Gasteiger partial charge in [0, 0.05) is 10.0 Å². The Morgan fingerprint density at radius 1 is 1.00 bits per heavy atom. The van der Waals surface area contributed by atoms with Crippen LogP contribution in [0.15, 0.2) is 81.9 Å². The molecule has 0 atom stereocenters. The molecule has 30 heavy (non-hydrogen) atoms. The van der Waals surface area contributed by atoms with Gasteiger partial charge in [0.2, 0.25) is 6.79 Å². The van der Waals surface area contributed by atoms with Crippen LogP contribution in [0.5, 0.6) is 11.5 Å². The highest BCUT2D eigenvalue weighted by Crippen LogP contribution is 2.35. The van der Waals surface area contributed by atoms with Crippen LogP contribution in [0.3, 0.4) is 0 Å². The number of amidine groups is 1. The van der Waals surface area contributed by atoms with Crippen molar-refractivity contribution in [3.8, 4) is 11.5 Å². The number of ether oxygens (including phenoxy) is 2. The van der Waals surface area contributed by atoms with Crippen molar-refractivity contribution in [3.05, 3.63) is 93.8 Å². The Labute approximate surface area is 180 Å². The first kappa shape index (κ1) is 18.6. The first-order chi connectivity index (χ1) is 14.6. The van der Waals surface area contributed by atoms with Crippen molar-refractivity contribution in [2.45, 2.75) is 0 Å². The highest BCUT2D eigenvalue weighted by atomic mass is 79.9. The van der Waals surface area contributed by atoms with Gasteiger partial charge in [0.1, 0.15) is 17.3 Å². The summed E-state index contributed by atoms with van der Waals surface area (Å²) in [6, 6.07) is 18.7. The fourth-order valence-corrected chi connectivity index (χ4v) is 3.79. The monoisotopic (exact) mass is 464 g/mol. The highest BCUT2D eigenvalue weighted by molar-refractivity contribution is 9.10. The first-order valence-corrected chi connectivity index (χ1v) is 9.94. The fourth-order valence-electron chi connectivity index (χ4n) is 3.33. The van der Waals surface area contributed by atoms with Crippen molar-refractivity contribution in [2.75, 3.05) is 11.7 Å². The van der Waals surface area contributed by atoms with Gasteiger partial charge < -0.3 is 9.47 Å². The van der Waals surface area contributed by atoms with E-state index in [1.165, 1.54) is 17.0 Å². The molecule has 0 spiro atoms. The average molecular weight is 465 g/mol. The van der Waals surface area contributed by atoms with Crippen molar-refractivity contribution >= 4 is 39.4 Å². The number of nitrogens with zero attached hydrogens (tertiary/aromatic N) is 2. The Bertz CT molecular complexity index is 1220. The summed E-state index contributed by atoms with van der Waals surface area (Å²) in [6.45, 7) is 0.178. The van der Waals surface area contributed by atoms with E-state index in [-0.39, 0.29) is 24.2 Å². The maximum atomic E-state index is 13.5. The van der Waals surface area contributed by atoms with Crippen molar-refractivity contribution < 1.29 is 18.7 Å². The molecule has 5 rings (SSSR count). The lowest BCUT2D eigenvalue weighted by atomic mass is 10.1. The van der Waals surface area contributed by atoms with Gasteiger partial charge in [0.15, 0.2) is 11.5 Å². The van der Waals surface area contributed by atoms with Crippen LogP contribution < -0.4 is 14.4 Å². The molecule has 1 amide bonds. The van der Waals surface area contributed by atoms with Crippen LogP contribution >= 0.6 is 15.9 Å². The molecule has 2 aliphatic heterocycles. The normalized spacial score (nSPS) is 16.3. The highest BCUT2D eigenvalue weighted by Gasteiger charge is 2.33.